The number of hydrogen-bond donors (Lipinski definition) is 0. The highest BCUT2D eigenvalue weighted by Gasteiger charge is 2.29. The van der Waals surface area contributed by atoms with Crippen molar-refractivity contribution in [3.63, 3.8) is 0 Å². The van der Waals surface area contributed by atoms with Gasteiger partial charge < -0.3 is 9.64 Å². The number of halogens is 1. The second-order valence-electron chi connectivity index (χ2n) is 7.37. The highest BCUT2D eigenvalue weighted by atomic mass is 19.1. The Kier molecular flexibility index (Phi) is 7.61. The fourth-order valence-corrected chi connectivity index (χ4v) is 3.76. The third-order valence-electron chi connectivity index (χ3n) is 5.32. The summed E-state index contributed by atoms with van der Waals surface area (Å²) in [7, 11) is 0. The Morgan fingerprint density at radius 2 is 1.63 bits per heavy atom. The van der Waals surface area contributed by atoms with Crippen molar-refractivity contribution in [2.75, 3.05) is 11.5 Å². The fourth-order valence-electron chi connectivity index (χ4n) is 3.76. The summed E-state index contributed by atoms with van der Waals surface area (Å²) >= 11 is 0. The predicted molar refractivity (Wildman–Crippen MR) is 119 cm³/mol. The van der Waals surface area contributed by atoms with E-state index >= 15 is 0 Å². The Morgan fingerprint density at radius 3 is 2.27 bits per heavy atom. The van der Waals surface area contributed by atoms with Gasteiger partial charge in [0.05, 0.1) is 13.0 Å². The maximum atomic E-state index is 14.1. The smallest absolute Gasteiger partial charge is 0.307 e. The fraction of sp³-hybridized carbons (Fsp3) is 0.269. The van der Waals surface area contributed by atoms with Gasteiger partial charge in [0.2, 0.25) is 0 Å². The Hall–Kier alpha value is -3.14. The van der Waals surface area contributed by atoms with E-state index in [1.54, 1.807) is 6.07 Å². The van der Waals surface area contributed by atoms with E-state index in [-0.39, 0.29) is 30.2 Å². The molecule has 0 aliphatic rings. The minimum Gasteiger partial charge on any atom is -0.466 e. The van der Waals surface area contributed by atoms with Crippen LogP contribution in [-0.2, 0) is 16.1 Å². The molecule has 0 saturated carbocycles. The highest BCUT2D eigenvalue weighted by Crippen LogP contribution is 2.31. The van der Waals surface area contributed by atoms with Gasteiger partial charge in [-0.15, -0.1) is 0 Å². The van der Waals surface area contributed by atoms with Crippen molar-refractivity contribution in [1.82, 2.24) is 0 Å². The number of carbonyl (C=O) groups is 1. The predicted octanol–water partition coefficient (Wildman–Crippen LogP) is 5.96. The molecule has 3 nitrogen and oxygen atoms in total. The highest BCUT2D eigenvalue weighted by molar-refractivity contribution is 5.71. The molecular formula is C26H28FNO2. The van der Waals surface area contributed by atoms with Crippen LogP contribution in [0.3, 0.4) is 0 Å². The Labute approximate surface area is 178 Å². The summed E-state index contributed by atoms with van der Waals surface area (Å²) in [5.74, 6) is -0.518. The minimum absolute atomic E-state index is 0.0302. The molecule has 3 aromatic rings. The molecule has 0 fully saturated rings. The number of esters is 1. The normalized spacial score (nSPS) is 12.8. The van der Waals surface area contributed by atoms with Gasteiger partial charge in [0.15, 0.2) is 0 Å². The summed E-state index contributed by atoms with van der Waals surface area (Å²) in [5.41, 5.74) is 2.97. The molecule has 3 aromatic carbocycles. The molecule has 0 aliphatic carbocycles. The lowest BCUT2D eigenvalue weighted by atomic mass is 9.89. The first-order valence-electron chi connectivity index (χ1n) is 10.3. The van der Waals surface area contributed by atoms with Crippen LogP contribution in [0.4, 0.5) is 10.1 Å². The van der Waals surface area contributed by atoms with E-state index in [9.17, 15) is 9.18 Å². The van der Waals surface area contributed by atoms with E-state index in [0.717, 1.165) is 16.8 Å². The lowest BCUT2D eigenvalue weighted by Crippen LogP contribution is -2.40. The minimum atomic E-state index is -0.298. The molecule has 0 N–H and O–H groups in total. The number of hydrogen-bond acceptors (Lipinski definition) is 3. The number of nitrogens with zero attached hydrogens (tertiary/aromatic N) is 1. The zero-order valence-electron chi connectivity index (χ0n) is 17.5. The van der Waals surface area contributed by atoms with Crippen LogP contribution in [0.2, 0.25) is 0 Å². The van der Waals surface area contributed by atoms with Gasteiger partial charge in [-0.05, 0) is 36.2 Å². The maximum Gasteiger partial charge on any atom is 0.307 e. The lowest BCUT2D eigenvalue weighted by molar-refractivity contribution is -0.143. The molecule has 0 saturated heterocycles. The molecule has 30 heavy (non-hydrogen) atoms. The Bertz CT molecular complexity index is 930. The topological polar surface area (TPSA) is 29.5 Å². The molecule has 2 atom stereocenters. The van der Waals surface area contributed by atoms with Gasteiger partial charge in [0.1, 0.15) is 5.82 Å². The van der Waals surface area contributed by atoms with Gasteiger partial charge in [-0.3, -0.25) is 4.79 Å². The molecule has 0 spiro atoms. The van der Waals surface area contributed by atoms with Crippen LogP contribution in [-0.4, -0.2) is 18.6 Å². The average molecular weight is 406 g/mol. The second-order valence-corrected chi connectivity index (χ2v) is 7.37. The quantitative estimate of drug-likeness (QED) is 0.412. The Morgan fingerprint density at radius 1 is 0.967 bits per heavy atom. The molecule has 3 rings (SSSR count). The van der Waals surface area contributed by atoms with Crippen molar-refractivity contribution in [3.8, 4) is 0 Å². The van der Waals surface area contributed by atoms with Gasteiger partial charge in [0.25, 0.3) is 0 Å². The van der Waals surface area contributed by atoms with Crippen LogP contribution in [0.15, 0.2) is 84.9 Å². The molecule has 156 valence electrons. The molecule has 0 amide bonds. The van der Waals surface area contributed by atoms with Crippen LogP contribution in [0.1, 0.15) is 37.3 Å². The Balaban J connectivity index is 2.03. The first-order valence-corrected chi connectivity index (χ1v) is 10.3. The molecule has 4 heteroatoms. The summed E-state index contributed by atoms with van der Waals surface area (Å²) in [6.45, 7) is 4.81. The van der Waals surface area contributed by atoms with E-state index in [0.29, 0.717) is 13.2 Å². The largest absolute Gasteiger partial charge is 0.466 e. The number of carbonyl (C=O) groups excluding carboxylic acids is 1. The summed E-state index contributed by atoms with van der Waals surface area (Å²) in [6.07, 6.45) is 0.216. The average Bonchev–Trinajstić information content (AvgIpc) is 2.77. The monoisotopic (exact) mass is 405 g/mol. The maximum absolute atomic E-state index is 14.1. The molecular weight excluding hydrogens is 377 g/mol. The van der Waals surface area contributed by atoms with Gasteiger partial charge in [0, 0.05) is 24.2 Å². The molecule has 0 radical (unpaired) electrons. The summed E-state index contributed by atoms with van der Waals surface area (Å²) in [4.78, 5) is 14.6. The molecule has 0 aliphatic heterocycles. The summed E-state index contributed by atoms with van der Waals surface area (Å²) in [5, 5.41) is 0. The standard InChI is InChI=1S/C26H28FNO2/c1-3-30-26(29)18-25(20(2)22-13-8-5-9-14-22)28(19-21-11-6-4-7-12-21)24-16-10-15-23(27)17-24/h4-17,20,25H,3,18-19H2,1-2H3/t20?,25-/m1/s1. The first kappa shape index (κ1) is 21.6. The van der Waals surface area contributed by atoms with Crippen molar-refractivity contribution >= 4 is 11.7 Å². The van der Waals surface area contributed by atoms with Crippen LogP contribution in [0, 0.1) is 5.82 Å². The second kappa shape index (κ2) is 10.6. The summed E-state index contributed by atoms with van der Waals surface area (Å²) in [6, 6.07) is 26.5. The SMILES string of the molecule is CCOC(=O)C[C@H](C(C)c1ccccc1)N(Cc1ccccc1)c1cccc(F)c1. The van der Waals surface area contributed by atoms with E-state index in [1.807, 2.05) is 61.5 Å². The molecule has 0 heterocycles. The number of ether oxygens (including phenoxy) is 1. The molecule has 1 unspecified atom stereocenters. The number of benzene rings is 3. The zero-order valence-corrected chi connectivity index (χ0v) is 17.5. The first-order chi connectivity index (χ1) is 14.6. The third-order valence-corrected chi connectivity index (χ3v) is 5.32. The molecule has 0 bridgehead atoms. The van der Waals surface area contributed by atoms with Crippen molar-refractivity contribution in [2.45, 2.75) is 38.8 Å². The van der Waals surface area contributed by atoms with E-state index < -0.39 is 0 Å². The zero-order chi connectivity index (χ0) is 21.3. The van der Waals surface area contributed by atoms with Crippen molar-refractivity contribution in [2.24, 2.45) is 0 Å². The van der Waals surface area contributed by atoms with Crippen molar-refractivity contribution in [1.29, 1.82) is 0 Å². The van der Waals surface area contributed by atoms with Crippen LogP contribution in [0.5, 0.6) is 0 Å². The molecule has 0 aromatic heterocycles. The van der Waals surface area contributed by atoms with Crippen LogP contribution < -0.4 is 4.90 Å². The van der Waals surface area contributed by atoms with E-state index in [1.165, 1.54) is 12.1 Å². The van der Waals surface area contributed by atoms with Crippen LogP contribution in [0.25, 0.3) is 0 Å². The van der Waals surface area contributed by atoms with Crippen molar-refractivity contribution in [3.05, 3.63) is 102 Å². The van der Waals surface area contributed by atoms with E-state index in [4.69, 9.17) is 4.74 Å². The van der Waals surface area contributed by atoms with Crippen molar-refractivity contribution < 1.29 is 13.9 Å². The van der Waals surface area contributed by atoms with Gasteiger partial charge >= 0.3 is 5.97 Å². The van der Waals surface area contributed by atoms with Gasteiger partial charge in [-0.25, -0.2) is 4.39 Å². The third kappa shape index (κ3) is 5.69. The number of anilines is 1. The van der Waals surface area contributed by atoms with E-state index in [2.05, 4.69) is 24.0 Å². The van der Waals surface area contributed by atoms with Gasteiger partial charge in [-0.2, -0.15) is 0 Å². The lowest BCUT2D eigenvalue weighted by Gasteiger charge is -2.37. The summed E-state index contributed by atoms with van der Waals surface area (Å²) < 4.78 is 19.4. The van der Waals surface area contributed by atoms with Crippen LogP contribution >= 0.6 is 0 Å². The van der Waals surface area contributed by atoms with Gasteiger partial charge in [-0.1, -0.05) is 73.7 Å². The number of rotatable bonds is 9.